The summed E-state index contributed by atoms with van der Waals surface area (Å²) in [6, 6.07) is 15.2. The van der Waals surface area contributed by atoms with E-state index >= 15 is 0 Å². The highest BCUT2D eigenvalue weighted by Gasteiger charge is 2.22. The first-order chi connectivity index (χ1) is 12.2. The van der Waals surface area contributed by atoms with E-state index in [1.807, 2.05) is 36.4 Å². The molecule has 1 aromatic carbocycles. The van der Waals surface area contributed by atoms with Crippen LogP contribution in [0.25, 0.3) is 0 Å². The molecule has 0 bridgehead atoms. The van der Waals surface area contributed by atoms with E-state index in [2.05, 4.69) is 15.3 Å². The van der Waals surface area contributed by atoms with Crippen molar-refractivity contribution in [2.75, 3.05) is 7.11 Å². The summed E-state index contributed by atoms with van der Waals surface area (Å²) < 4.78 is 5.42. The van der Waals surface area contributed by atoms with Crippen LogP contribution in [-0.4, -0.2) is 23.0 Å². The summed E-state index contributed by atoms with van der Waals surface area (Å²) in [6.45, 7) is 0. The van der Waals surface area contributed by atoms with Crippen LogP contribution in [0.2, 0.25) is 0 Å². The third-order valence-electron chi connectivity index (χ3n) is 3.75. The van der Waals surface area contributed by atoms with E-state index in [0.29, 0.717) is 11.4 Å². The molecule has 3 aromatic rings. The number of carbonyl (C=O) groups is 1. The molecule has 0 spiro atoms. The summed E-state index contributed by atoms with van der Waals surface area (Å²) in [5.74, 6) is 0.275. The number of aromatic amines is 1. The molecule has 6 nitrogen and oxygen atoms in total. The number of aromatic nitrogens is 2. The number of amides is 1. The van der Waals surface area contributed by atoms with Crippen molar-refractivity contribution >= 4 is 5.91 Å². The van der Waals surface area contributed by atoms with Gasteiger partial charge in [-0.2, -0.15) is 0 Å². The highest BCUT2D eigenvalue weighted by atomic mass is 16.5. The molecular weight excluding hydrogens is 318 g/mol. The zero-order valence-corrected chi connectivity index (χ0v) is 13.6. The second kappa shape index (κ2) is 7.44. The van der Waals surface area contributed by atoms with E-state index in [9.17, 15) is 9.59 Å². The van der Waals surface area contributed by atoms with Crippen molar-refractivity contribution < 1.29 is 9.53 Å². The SMILES string of the molecule is COc1ccccc1[C@@H](NC(=O)c1cc[nH]c(=O)c1)c1ccccn1. The first kappa shape index (κ1) is 16.4. The predicted molar refractivity (Wildman–Crippen MR) is 93.6 cm³/mol. The average molecular weight is 335 g/mol. The second-order valence-electron chi connectivity index (χ2n) is 5.34. The Kier molecular flexibility index (Phi) is 4.89. The van der Waals surface area contributed by atoms with Gasteiger partial charge in [-0.1, -0.05) is 24.3 Å². The van der Waals surface area contributed by atoms with E-state index < -0.39 is 6.04 Å². The number of methoxy groups -OCH3 is 1. The highest BCUT2D eigenvalue weighted by Crippen LogP contribution is 2.29. The van der Waals surface area contributed by atoms with Crippen LogP contribution >= 0.6 is 0 Å². The number of para-hydroxylation sites is 1. The first-order valence-corrected chi connectivity index (χ1v) is 7.72. The van der Waals surface area contributed by atoms with E-state index in [1.54, 1.807) is 25.4 Å². The maximum Gasteiger partial charge on any atom is 0.252 e. The molecule has 0 fully saturated rings. The predicted octanol–water partition coefficient (Wildman–Crippen LogP) is 2.30. The van der Waals surface area contributed by atoms with Crippen LogP contribution in [0.4, 0.5) is 0 Å². The number of H-pyrrole nitrogens is 1. The number of hydrogen-bond donors (Lipinski definition) is 2. The van der Waals surface area contributed by atoms with Crippen molar-refractivity contribution in [2.45, 2.75) is 6.04 Å². The number of benzene rings is 1. The van der Waals surface area contributed by atoms with Crippen molar-refractivity contribution in [1.29, 1.82) is 0 Å². The molecule has 0 saturated heterocycles. The lowest BCUT2D eigenvalue weighted by Crippen LogP contribution is -2.30. The van der Waals surface area contributed by atoms with Crippen molar-refractivity contribution in [3.63, 3.8) is 0 Å². The monoisotopic (exact) mass is 335 g/mol. The van der Waals surface area contributed by atoms with Gasteiger partial charge in [0, 0.05) is 29.6 Å². The average Bonchev–Trinajstić information content (AvgIpc) is 2.66. The summed E-state index contributed by atoms with van der Waals surface area (Å²) in [4.78, 5) is 30.9. The summed E-state index contributed by atoms with van der Waals surface area (Å²) in [7, 11) is 1.58. The van der Waals surface area contributed by atoms with Crippen LogP contribution in [0, 0.1) is 0 Å². The summed E-state index contributed by atoms with van der Waals surface area (Å²) in [5, 5.41) is 2.93. The lowest BCUT2D eigenvalue weighted by atomic mass is 10.0. The molecule has 2 N–H and O–H groups in total. The molecule has 0 unspecified atom stereocenters. The fraction of sp³-hybridized carbons (Fsp3) is 0.105. The van der Waals surface area contributed by atoms with Gasteiger partial charge in [0.25, 0.3) is 5.91 Å². The quantitative estimate of drug-likeness (QED) is 0.749. The van der Waals surface area contributed by atoms with Crippen LogP contribution in [0.1, 0.15) is 27.7 Å². The fourth-order valence-corrected chi connectivity index (χ4v) is 2.56. The Labute approximate surface area is 144 Å². The van der Waals surface area contributed by atoms with E-state index in [4.69, 9.17) is 4.74 Å². The number of hydrogen-bond acceptors (Lipinski definition) is 4. The van der Waals surface area contributed by atoms with Crippen molar-refractivity contribution in [3.05, 3.63) is 94.2 Å². The summed E-state index contributed by atoms with van der Waals surface area (Å²) in [6.07, 6.45) is 3.10. The third kappa shape index (κ3) is 3.74. The molecule has 0 radical (unpaired) electrons. The number of ether oxygens (including phenoxy) is 1. The molecule has 0 aliphatic rings. The molecule has 2 heterocycles. The van der Waals surface area contributed by atoms with Gasteiger partial charge in [0.1, 0.15) is 11.8 Å². The number of pyridine rings is 2. The van der Waals surface area contributed by atoms with Gasteiger partial charge in [-0.25, -0.2) is 0 Å². The van der Waals surface area contributed by atoms with Gasteiger partial charge in [0.05, 0.1) is 12.8 Å². The minimum atomic E-state index is -0.510. The van der Waals surface area contributed by atoms with Crippen LogP contribution in [0.5, 0.6) is 5.75 Å². The van der Waals surface area contributed by atoms with Crippen molar-refractivity contribution in [2.24, 2.45) is 0 Å². The standard InChI is InChI=1S/C19H17N3O3/c1-25-16-8-3-2-6-14(16)18(15-7-4-5-10-20-15)22-19(24)13-9-11-21-17(23)12-13/h2-12,18H,1H3,(H,21,23)(H,22,24)/t18-/m1/s1. The Balaban J connectivity index is 2.00. The Morgan fingerprint density at radius 3 is 2.68 bits per heavy atom. The Morgan fingerprint density at radius 1 is 1.16 bits per heavy atom. The molecule has 0 aliphatic heterocycles. The molecule has 6 heteroatoms. The van der Waals surface area contributed by atoms with Gasteiger partial charge in [0.15, 0.2) is 0 Å². The maximum atomic E-state index is 12.6. The highest BCUT2D eigenvalue weighted by molar-refractivity contribution is 5.94. The molecule has 1 atom stereocenters. The van der Waals surface area contributed by atoms with Gasteiger partial charge in [-0.05, 0) is 24.3 Å². The summed E-state index contributed by atoms with van der Waals surface area (Å²) >= 11 is 0. The fourth-order valence-electron chi connectivity index (χ4n) is 2.56. The normalized spacial score (nSPS) is 11.6. The largest absolute Gasteiger partial charge is 0.496 e. The van der Waals surface area contributed by atoms with E-state index in [0.717, 1.165) is 5.56 Å². The molecule has 0 saturated carbocycles. The maximum absolute atomic E-state index is 12.6. The first-order valence-electron chi connectivity index (χ1n) is 7.72. The van der Waals surface area contributed by atoms with Crippen LogP contribution in [0.15, 0.2) is 71.8 Å². The van der Waals surface area contributed by atoms with Gasteiger partial charge in [0.2, 0.25) is 5.56 Å². The minimum absolute atomic E-state index is 0.277. The molecule has 2 aromatic heterocycles. The Bertz CT molecular complexity index is 922. The molecule has 25 heavy (non-hydrogen) atoms. The van der Waals surface area contributed by atoms with Crippen molar-refractivity contribution in [1.82, 2.24) is 15.3 Å². The third-order valence-corrected chi connectivity index (χ3v) is 3.75. The Morgan fingerprint density at radius 2 is 1.96 bits per heavy atom. The lowest BCUT2D eigenvalue weighted by molar-refractivity contribution is 0.0941. The molecule has 3 rings (SSSR count). The zero-order chi connectivity index (χ0) is 17.6. The number of nitrogens with zero attached hydrogens (tertiary/aromatic N) is 1. The molecule has 0 aliphatic carbocycles. The minimum Gasteiger partial charge on any atom is -0.496 e. The van der Waals surface area contributed by atoms with Gasteiger partial charge in [-0.3, -0.25) is 14.6 Å². The van der Waals surface area contributed by atoms with E-state index in [-0.39, 0.29) is 17.0 Å². The van der Waals surface area contributed by atoms with E-state index in [1.165, 1.54) is 12.3 Å². The number of carbonyl (C=O) groups excluding carboxylic acids is 1. The molecular formula is C19H17N3O3. The van der Waals surface area contributed by atoms with Crippen LogP contribution in [0.3, 0.4) is 0 Å². The van der Waals surface area contributed by atoms with Gasteiger partial charge in [-0.15, -0.1) is 0 Å². The van der Waals surface area contributed by atoms with Crippen LogP contribution in [-0.2, 0) is 0 Å². The van der Waals surface area contributed by atoms with Gasteiger partial charge >= 0.3 is 0 Å². The Hall–Kier alpha value is -3.41. The lowest BCUT2D eigenvalue weighted by Gasteiger charge is -2.21. The van der Waals surface area contributed by atoms with Crippen LogP contribution < -0.4 is 15.6 Å². The number of rotatable bonds is 5. The zero-order valence-electron chi connectivity index (χ0n) is 13.6. The topological polar surface area (TPSA) is 84.1 Å². The smallest absolute Gasteiger partial charge is 0.252 e. The van der Waals surface area contributed by atoms with Crippen molar-refractivity contribution in [3.8, 4) is 5.75 Å². The number of nitrogens with one attached hydrogen (secondary N) is 2. The second-order valence-corrected chi connectivity index (χ2v) is 5.34. The molecule has 126 valence electrons. The summed E-state index contributed by atoms with van der Waals surface area (Å²) in [5.41, 5.74) is 1.39. The molecule has 1 amide bonds. The van der Waals surface area contributed by atoms with Gasteiger partial charge < -0.3 is 15.0 Å².